The molecule has 0 aliphatic carbocycles. The Morgan fingerprint density at radius 1 is 0.964 bits per heavy atom. The molecule has 3 heteroatoms. The van der Waals surface area contributed by atoms with E-state index in [0.29, 0.717) is 12.0 Å². The highest BCUT2D eigenvalue weighted by atomic mass is 16.2. The van der Waals surface area contributed by atoms with Crippen LogP contribution in [0.5, 0.6) is 0 Å². The Morgan fingerprint density at radius 2 is 1.54 bits per heavy atom. The summed E-state index contributed by atoms with van der Waals surface area (Å²) in [5.74, 6) is 0.556. The van der Waals surface area contributed by atoms with Crippen LogP contribution in [0.15, 0.2) is 60.7 Å². The van der Waals surface area contributed by atoms with Gasteiger partial charge in [0.1, 0.15) is 0 Å². The lowest BCUT2D eigenvalue weighted by Gasteiger charge is -2.34. The van der Waals surface area contributed by atoms with Crippen molar-refractivity contribution in [2.75, 3.05) is 13.1 Å². The molecule has 1 N–H and O–H groups in total. The molecule has 1 aliphatic rings. The fourth-order valence-corrected chi connectivity index (χ4v) is 4.43. The topological polar surface area (TPSA) is 32.3 Å². The molecule has 1 saturated heterocycles. The molecule has 0 aromatic heterocycles. The molecule has 0 spiro atoms. The molecule has 1 amide bonds. The first-order chi connectivity index (χ1) is 13.7. The molecule has 1 heterocycles. The van der Waals surface area contributed by atoms with E-state index in [0.717, 1.165) is 50.9 Å². The van der Waals surface area contributed by atoms with Gasteiger partial charge < -0.3 is 5.32 Å². The van der Waals surface area contributed by atoms with E-state index in [9.17, 15) is 4.79 Å². The van der Waals surface area contributed by atoms with Crippen LogP contribution in [-0.2, 0) is 11.3 Å². The second-order valence-corrected chi connectivity index (χ2v) is 8.01. The largest absolute Gasteiger partial charge is 0.353 e. The van der Waals surface area contributed by atoms with E-state index in [1.165, 1.54) is 5.56 Å². The van der Waals surface area contributed by atoms with Gasteiger partial charge in [-0.2, -0.15) is 0 Å². The molecule has 28 heavy (non-hydrogen) atoms. The second kappa shape index (κ2) is 10.4. The van der Waals surface area contributed by atoms with E-state index in [4.69, 9.17) is 0 Å². The number of amides is 1. The summed E-state index contributed by atoms with van der Waals surface area (Å²) in [5, 5.41) is 3.39. The first-order valence-electron chi connectivity index (χ1n) is 10.8. The van der Waals surface area contributed by atoms with Gasteiger partial charge in [-0.15, -0.1) is 0 Å². The van der Waals surface area contributed by atoms with Gasteiger partial charge in [-0.05, 0) is 29.9 Å². The molecule has 2 aromatic carbocycles. The van der Waals surface area contributed by atoms with Crippen LogP contribution in [0.25, 0.3) is 0 Å². The first-order valence-corrected chi connectivity index (χ1v) is 10.8. The SMILES string of the molecule is CCC(CC)C(C(=O)NC1CCN(Cc2ccccc2)CC1)c1ccccc1. The standard InChI is InChI=1S/C25H34N2O/c1-3-21(4-2)24(22-13-9-6-10-14-22)25(28)26-23-15-17-27(18-16-23)19-20-11-7-5-8-12-20/h5-14,21,23-24H,3-4,15-19H2,1-2H3,(H,26,28). The third kappa shape index (κ3) is 5.45. The van der Waals surface area contributed by atoms with Gasteiger partial charge >= 0.3 is 0 Å². The fraction of sp³-hybridized carbons (Fsp3) is 0.480. The zero-order chi connectivity index (χ0) is 19.8. The normalized spacial score (nSPS) is 16.8. The molecule has 3 rings (SSSR count). The van der Waals surface area contributed by atoms with Gasteiger partial charge in [0.25, 0.3) is 0 Å². The van der Waals surface area contributed by atoms with E-state index < -0.39 is 0 Å². The Balaban J connectivity index is 1.57. The third-order valence-corrected chi connectivity index (χ3v) is 6.14. The summed E-state index contributed by atoms with van der Waals surface area (Å²) in [6.45, 7) is 7.47. The van der Waals surface area contributed by atoms with Crippen molar-refractivity contribution < 1.29 is 4.79 Å². The minimum Gasteiger partial charge on any atom is -0.353 e. The number of nitrogens with zero attached hydrogens (tertiary/aromatic N) is 1. The maximum absolute atomic E-state index is 13.2. The predicted molar refractivity (Wildman–Crippen MR) is 116 cm³/mol. The molecule has 150 valence electrons. The van der Waals surface area contributed by atoms with Crippen LogP contribution in [0.2, 0.25) is 0 Å². The van der Waals surface area contributed by atoms with Crippen molar-refractivity contribution in [1.82, 2.24) is 10.2 Å². The number of carbonyl (C=O) groups excluding carboxylic acids is 1. The van der Waals surface area contributed by atoms with E-state index in [1.54, 1.807) is 0 Å². The molecular weight excluding hydrogens is 344 g/mol. The van der Waals surface area contributed by atoms with Crippen LogP contribution in [0.3, 0.4) is 0 Å². The van der Waals surface area contributed by atoms with Gasteiger partial charge in [-0.1, -0.05) is 87.4 Å². The number of rotatable bonds is 8. The number of hydrogen-bond donors (Lipinski definition) is 1. The van der Waals surface area contributed by atoms with Gasteiger partial charge in [0.15, 0.2) is 0 Å². The number of hydrogen-bond acceptors (Lipinski definition) is 2. The summed E-state index contributed by atoms with van der Waals surface area (Å²) in [6, 6.07) is 21.2. The molecule has 1 fully saturated rings. The highest BCUT2D eigenvalue weighted by Crippen LogP contribution is 2.30. The molecule has 3 nitrogen and oxygen atoms in total. The minimum atomic E-state index is -0.0430. The molecule has 0 bridgehead atoms. The Bertz CT molecular complexity index is 704. The Kier molecular flexibility index (Phi) is 7.67. The monoisotopic (exact) mass is 378 g/mol. The predicted octanol–water partition coefficient (Wildman–Crippen LogP) is 4.99. The lowest BCUT2D eigenvalue weighted by atomic mass is 9.81. The van der Waals surface area contributed by atoms with Gasteiger partial charge in [-0.3, -0.25) is 9.69 Å². The van der Waals surface area contributed by atoms with Gasteiger partial charge in [0, 0.05) is 25.7 Å². The van der Waals surface area contributed by atoms with Crippen LogP contribution >= 0.6 is 0 Å². The van der Waals surface area contributed by atoms with Gasteiger partial charge in [0.2, 0.25) is 5.91 Å². The quantitative estimate of drug-likeness (QED) is 0.702. The molecular formula is C25H34N2O. The number of piperidine rings is 1. The summed E-state index contributed by atoms with van der Waals surface area (Å²) in [4.78, 5) is 15.7. The lowest BCUT2D eigenvalue weighted by Crippen LogP contribution is -2.46. The number of likely N-dealkylation sites (tertiary alicyclic amines) is 1. The fourth-order valence-electron chi connectivity index (χ4n) is 4.43. The minimum absolute atomic E-state index is 0.0430. The van der Waals surface area contributed by atoms with Crippen LogP contribution in [0.1, 0.15) is 56.6 Å². The molecule has 1 unspecified atom stereocenters. The molecule has 1 aliphatic heterocycles. The van der Waals surface area contributed by atoms with Crippen LogP contribution in [0, 0.1) is 5.92 Å². The zero-order valence-electron chi connectivity index (χ0n) is 17.3. The van der Waals surface area contributed by atoms with Gasteiger partial charge in [0.05, 0.1) is 5.92 Å². The van der Waals surface area contributed by atoms with E-state index in [-0.39, 0.29) is 11.8 Å². The highest BCUT2D eigenvalue weighted by Gasteiger charge is 2.30. The molecule has 0 radical (unpaired) electrons. The van der Waals surface area contributed by atoms with Crippen LogP contribution in [-0.4, -0.2) is 29.9 Å². The van der Waals surface area contributed by atoms with Crippen molar-refractivity contribution in [1.29, 1.82) is 0 Å². The molecule has 0 saturated carbocycles. The Morgan fingerprint density at radius 3 is 2.11 bits per heavy atom. The number of benzene rings is 2. The van der Waals surface area contributed by atoms with Crippen molar-refractivity contribution in [3.63, 3.8) is 0 Å². The average molecular weight is 379 g/mol. The summed E-state index contributed by atoms with van der Waals surface area (Å²) in [6.07, 6.45) is 4.12. The zero-order valence-corrected chi connectivity index (χ0v) is 17.3. The van der Waals surface area contributed by atoms with E-state index in [2.05, 4.69) is 66.5 Å². The second-order valence-electron chi connectivity index (χ2n) is 8.01. The average Bonchev–Trinajstić information content (AvgIpc) is 2.74. The smallest absolute Gasteiger partial charge is 0.228 e. The molecule has 2 aromatic rings. The van der Waals surface area contributed by atoms with Crippen LogP contribution in [0.4, 0.5) is 0 Å². The van der Waals surface area contributed by atoms with Crippen molar-refractivity contribution in [3.05, 3.63) is 71.8 Å². The summed E-state index contributed by atoms with van der Waals surface area (Å²) in [7, 11) is 0. The number of nitrogens with one attached hydrogen (secondary N) is 1. The Hall–Kier alpha value is -2.13. The summed E-state index contributed by atoms with van der Waals surface area (Å²) >= 11 is 0. The Labute approximate surface area is 170 Å². The third-order valence-electron chi connectivity index (χ3n) is 6.14. The van der Waals surface area contributed by atoms with E-state index in [1.807, 2.05) is 18.2 Å². The van der Waals surface area contributed by atoms with Crippen molar-refractivity contribution in [2.45, 2.75) is 58.0 Å². The first kappa shape index (κ1) is 20.6. The van der Waals surface area contributed by atoms with Crippen molar-refractivity contribution in [2.24, 2.45) is 5.92 Å². The van der Waals surface area contributed by atoms with E-state index >= 15 is 0 Å². The maximum atomic E-state index is 13.2. The summed E-state index contributed by atoms with van der Waals surface area (Å²) < 4.78 is 0. The molecule has 1 atom stereocenters. The van der Waals surface area contributed by atoms with Crippen molar-refractivity contribution in [3.8, 4) is 0 Å². The summed E-state index contributed by atoms with van der Waals surface area (Å²) in [5.41, 5.74) is 2.51. The van der Waals surface area contributed by atoms with Gasteiger partial charge in [-0.25, -0.2) is 0 Å². The van der Waals surface area contributed by atoms with Crippen LogP contribution < -0.4 is 5.32 Å². The van der Waals surface area contributed by atoms with Crippen molar-refractivity contribution >= 4 is 5.91 Å². The highest BCUT2D eigenvalue weighted by molar-refractivity contribution is 5.84. The lowest BCUT2D eigenvalue weighted by molar-refractivity contribution is -0.125. The number of carbonyl (C=O) groups is 1. The maximum Gasteiger partial charge on any atom is 0.228 e.